The predicted octanol–water partition coefficient (Wildman–Crippen LogP) is 2.12. The normalized spacial score (nSPS) is 15.1. The van der Waals surface area contributed by atoms with Crippen LogP contribution in [0.3, 0.4) is 0 Å². The molecule has 1 aliphatic heterocycles. The highest BCUT2D eigenvalue weighted by Crippen LogP contribution is 2.09. The molecule has 0 spiro atoms. The van der Waals surface area contributed by atoms with Crippen molar-refractivity contribution in [2.45, 2.75) is 12.5 Å². The summed E-state index contributed by atoms with van der Waals surface area (Å²) < 4.78 is 5.60. The minimum atomic E-state index is 0. The number of rotatable bonds is 4. The summed E-state index contributed by atoms with van der Waals surface area (Å²) in [5.74, 6) is 0. The van der Waals surface area contributed by atoms with E-state index >= 15 is 0 Å². The molecule has 0 atom stereocenters. The van der Waals surface area contributed by atoms with Crippen LogP contribution in [0.5, 0.6) is 0 Å². The Morgan fingerprint density at radius 1 is 1.43 bits per heavy atom. The van der Waals surface area contributed by atoms with Crippen molar-refractivity contribution in [2.75, 3.05) is 19.7 Å². The Morgan fingerprint density at radius 3 is 2.71 bits per heavy atom. The van der Waals surface area contributed by atoms with Crippen molar-refractivity contribution in [2.24, 2.45) is 0 Å². The molecule has 1 fully saturated rings. The molecule has 0 aromatic carbocycles. The second-order valence-corrected chi connectivity index (χ2v) is 4.01. The lowest BCUT2D eigenvalue weighted by Crippen LogP contribution is -2.48. The van der Waals surface area contributed by atoms with Gasteiger partial charge in [-0.25, -0.2) is 0 Å². The molecule has 2 rings (SSSR count). The summed E-state index contributed by atoms with van der Waals surface area (Å²) in [6.07, 6.45) is 1.54. The van der Waals surface area contributed by atoms with E-state index in [-0.39, 0.29) is 24.8 Å². The average Bonchev–Trinajstić information content (AvgIpc) is 2.46. The van der Waals surface area contributed by atoms with Gasteiger partial charge in [0.15, 0.2) is 0 Å². The van der Waals surface area contributed by atoms with Crippen LogP contribution in [0.1, 0.15) is 4.88 Å². The van der Waals surface area contributed by atoms with E-state index in [0.717, 1.165) is 26.1 Å². The standard InChI is InChI=1S/C9H13NOS.2ClH/c1-2-9(12-5-1)3-4-11-8-6-10-7-8;;/h1-2,5,8,10H,3-4,6-7H2;2*1H. The molecular weight excluding hydrogens is 241 g/mol. The highest BCUT2D eigenvalue weighted by molar-refractivity contribution is 7.09. The molecule has 0 radical (unpaired) electrons. The molecule has 1 saturated heterocycles. The van der Waals surface area contributed by atoms with Crippen LogP contribution in [0.15, 0.2) is 17.5 Å². The molecule has 1 aliphatic rings. The maximum Gasteiger partial charge on any atom is 0.0823 e. The fraction of sp³-hybridized carbons (Fsp3) is 0.556. The topological polar surface area (TPSA) is 21.3 Å². The first-order chi connectivity index (χ1) is 5.95. The summed E-state index contributed by atoms with van der Waals surface area (Å²) in [4.78, 5) is 1.42. The molecule has 82 valence electrons. The van der Waals surface area contributed by atoms with Crippen LogP contribution >= 0.6 is 36.2 Å². The molecule has 1 aromatic heterocycles. The Morgan fingerprint density at radius 2 is 2.21 bits per heavy atom. The average molecular weight is 256 g/mol. The van der Waals surface area contributed by atoms with E-state index in [9.17, 15) is 0 Å². The van der Waals surface area contributed by atoms with Gasteiger partial charge in [0, 0.05) is 24.4 Å². The van der Waals surface area contributed by atoms with E-state index in [1.54, 1.807) is 11.3 Å². The zero-order valence-corrected chi connectivity index (χ0v) is 10.2. The van der Waals surface area contributed by atoms with Gasteiger partial charge in [-0.2, -0.15) is 0 Å². The van der Waals surface area contributed by atoms with Gasteiger partial charge in [-0.3, -0.25) is 0 Å². The number of thiophene rings is 1. The van der Waals surface area contributed by atoms with Crippen molar-refractivity contribution in [1.82, 2.24) is 5.32 Å². The predicted molar refractivity (Wildman–Crippen MR) is 65.1 cm³/mol. The van der Waals surface area contributed by atoms with E-state index < -0.39 is 0 Å². The maximum absolute atomic E-state index is 5.60. The molecule has 0 unspecified atom stereocenters. The monoisotopic (exact) mass is 255 g/mol. The molecule has 2 nitrogen and oxygen atoms in total. The van der Waals surface area contributed by atoms with Crippen molar-refractivity contribution in [3.05, 3.63) is 22.4 Å². The highest BCUT2D eigenvalue weighted by Gasteiger charge is 2.16. The molecule has 0 aliphatic carbocycles. The largest absolute Gasteiger partial charge is 0.375 e. The molecule has 1 aromatic rings. The van der Waals surface area contributed by atoms with Gasteiger partial charge in [0.25, 0.3) is 0 Å². The zero-order valence-electron chi connectivity index (χ0n) is 7.77. The maximum atomic E-state index is 5.60. The number of nitrogens with one attached hydrogen (secondary N) is 1. The lowest BCUT2D eigenvalue weighted by molar-refractivity contribution is 0.0210. The third kappa shape index (κ3) is 4.15. The van der Waals surface area contributed by atoms with Gasteiger partial charge in [0.1, 0.15) is 0 Å². The summed E-state index contributed by atoms with van der Waals surface area (Å²) in [7, 11) is 0. The molecule has 1 N–H and O–H groups in total. The van der Waals surface area contributed by atoms with Gasteiger partial charge in [0.05, 0.1) is 12.7 Å². The van der Waals surface area contributed by atoms with E-state index in [2.05, 4.69) is 22.8 Å². The fourth-order valence-electron chi connectivity index (χ4n) is 1.16. The van der Waals surface area contributed by atoms with E-state index in [1.807, 2.05) is 0 Å². The van der Waals surface area contributed by atoms with Gasteiger partial charge in [-0.05, 0) is 11.4 Å². The van der Waals surface area contributed by atoms with Crippen LogP contribution < -0.4 is 5.32 Å². The second-order valence-electron chi connectivity index (χ2n) is 2.98. The Labute approximate surface area is 101 Å². The molecule has 5 heteroatoms. The van der Waals surface area contributed by atoms with E-state index in [0.29, 0.717) is 6.10 Å². The highest BCUT2D eigenvalue weighted by atomic mass is 35.5. The minimum absolute atomic E-state index is 0. The molecular formula is C9H15Cl2NOS. The molecule has 2 heterocycles. The van der Waals surface area contributed by atoms with Gasteiger partial charge in [0.2, 0.25) is 0 Å². The smallest absolute Gasteiger partial charge is 0.0823 e. The number of hydrogen-bond donors (Lipinski definition) is 1. The van der Waals surface area contributed by atoms with Crippen LogP contribution in [-0.4, -0.2) is 25.8 Å². The quantitative estimate of drug-likeness (QED) is 0.891. The minimum Gasteiger partial charge on any atom is -0.375 e. The van der Waals surface area contributed by atoms with Crippen LogP contribution in [-0.2, 0) is 11.2 Å². The number of halogens is 2. The molecule has 0 saturated carbocycles. The second kappa shape index (κ2) is 7.49. The molecule has 0 bridgehead atoms. The van der Waals surface area contributed by atoms with Crippen molar-refractivity contribution in [1.29, 1.82) is 0 Å². The van der Waals surface area contributed by atoms with Gasteiger partial charge >= 0.3 is 0 Å². The van der Waals surface area contributed by atoms with Gasteiger partial charge in [-0.15, -0.1) is 36.2 Å². The Kier molecular flexibility index (Phi) is 7.59. The summed E-state index contributed by atoms with van der Waals surface area (Å²) in [6.45, 7) is 2.93. The zero-order chi connectivity index (χ0) is 8.23. The first-order valence-electron chi connectivity index (χ1n) is 4.30. The fourth-order valence-corrected chi connectivity index (χ4v) is 1.85. The number of ether oxygens (including phenoxy) is 1. The summed E-state index contributed by atoms with van der Waals surface area (Å²) in [5.41, 5.74) is 0. The summed E-state index contributed by atoms with van der Waals surface area (Å²) >= 11 is 1.80. The lowest BCUT2D eigenvalue weighted by atomic mass is 10.2. The van der Waals surface area contributed by atoms with Crippen molar-refractivity contribution >= 4 is 36.2 Å². The summed E-state index contributed by atoms with van der Waals surface area (Å²) in [6, 6.07) is 4.25. The molecule has 14 heavy (non-hydrogen) atoms. The Balaban J connectivity index is 0.000000845. The Bertz CT molecular complexity index is 227. The lowest BCUT2D eigenvalue weighted by Gasteiger charge is -2.26. The Hall–Kier alpha value is 0.200. The van der Waals surface area contributed by atoms with Gasteiger partial charge in [-0.1, -0.05) is 6.07 Å². The first-order valence-corrected chi connectivity index (χ1v) is 5.18. The number of hydrogen-bond acceptors (Lipinski definition) is 3. The molecule has 0 amide bonds. The summed E-state index contributed by atoms with van der Waals surface area (Å²) in [5, 5.41) is 5.29. The first kappa shape index (κ1) is 14.2. The van der Waals surface area contributed by atoms with Crippen LogP contribution in [0.4, 0.5) is 0 Å². The third-order valence-electron chi connectivity index (χ3n) is 2.03. The van der Waals surface area contributed by atoms with E-state index in [1.165, 1.54) is 4.88 Å². The van der Waals surface area contributed by atoms with Crippen LogP contribution in [0.2, 0.25) is 0 Å². The van der Waals surface area contributed by atoms with Crippen molar-refractivity contribution in [3.63, 3.8) is 0 Å². The van der Waals surface area contributed by atoms with E-state index in [4.69, 9.17) is 4.74 Å². The van der Waals surface area contributed by atoms with Crippen molar-refractivity contribution in [3.8, 4) is 0 Å². The van der Waals surface area contributed by atoms with Crippen molar-refractivity contribution < 1.29 is 4.74 Å². The van der Waals surface area contributed by atoms with Crippen LogP contribution in [0, 0.1) is 0 Å². The SMILES string of the molecule is Cl.Cl.c1csc(CCOC2CNC2)c1. The van der Waals surface area contributed by atoms with Gasteiger partial charge < -0.3 is 10.1 Å². The van der Waals surface area contributed by atoms with Crippen LogP contribution in [0.25, 0.3) is 0 Å². The third-order valence-corrected chi connectivity index (χ3v) is 2.96.